The lowest BCUT2D eigenvalue weighted by Gasteiger charge is -2.11. The van der Waals surface area contributed by atoms with Crippen molar-refractivity contribution in [2.24, 2.45) is 13.0 Å². The van der Waals surface area contributed by atoms with Gasteiger partial charge in [0.25, 0.3) is 0 Å². The Morgan fingerprint density at radius 3 is 2.38 bits per heavy atom. The van der Waals surface area contributed by atoms with E-state index >= 15 is 0 Å². The molecule has 1 N–H and O–H groups in total. The number of amides is 1. The van der Waals surface area contributed by atoms with Crippen molar-refractivity contribution >= 4 is 11.6 Å². The maximum absolute atomic E-state index is 12.1. The van der Waals surface area contributed by atoms with Crippen LogP contribution >= 0.6 is 0 Å². The molecule has 1 aromatic carbocycles. The number of nitrogens with one attached hydrogen (secondary N) is 1. The largest absolute Gasteiger partial charge is 0.326 e. The van der Waals surface area contributed by atoms with Crippen molar-refractivity contribution in [3.63, 3.8) is 0 Å². The highest BCUT2D eigenvalue weighted by Gasteiger charge is 2.17. The minimum Gasteiger partial charge on any atom is -0.326 e. The van der Waals surface area contributed by atoms with E-state index < -0.39 is 0 Å². The van der Waals surface area contributed by atoms with Crippen LogP contribution < -0.4 is 5.32 Å². The van der Waals surface area contributed by atoms with E-state index in [1.54, 1.807) is 0 Å². The molecule has 0 saturated heterocycles. The molecule has 5 nitrogen and oxygen atoms in total. The molecule has 5 heteroatoms. The molecule has 21 heavy (non-hydrogen) atoms. The van der Waals surface area contributed by atoms with Gasteiger partial charge < -0.3 is 9.88 Å². The Morgan fingerprint density at radius 2 is 1.86 bits per heavy atom. The van der Waals surface area contributed by atoms with E-state index in [0.717, 1.165) is 17.3 Å². The number of nitrogens with zero attached hydrogens (tertiary/aromatic N) is 3. The summed E-state index contributed by atoms with van der Waals surface area (Å²) >= 11 is 0. The van der Waals surface area contributed by atoms with Crippen LogP contribution in [0.15, 0.2) is 30.3 Å². The molecule has 0 radical (unpaired) electrons. The predicted molar refractivity (Wildman–Crippen MR) is 85.0 cm³/mol. The molecule has 1 atom stereocenters. The molecular weight excluding hydrogens is 264 g/mol. The summed E-state index contributed by atoms with van der Waals surface area (Å²) in [6.07, 6.45) is 0.579. The van der Waals surface area contributed by atoms with E-state index in [9.17, 15) is 4.79 Å². The number of hydrogen-bond acceptors (Lipinski definition) is 3. The number of rotatable bonds is 4. The molecule has 0 aliphatic heterocycles. The van der Waals surface area contributed by atoms with E-state index in [-0.39, 0.29) is 11.8 Å². The summed E-state index contributed by atoms with van der Waals surface area (Å²) in [7, 11) is 1.91. The highest BCUT2D eigenvalue weighted by atomic mass is 16.1. The predicted octanol–water partition coefficient (Wildman–Crippen LogP) is 2.97. The van der Waals surface area contributed by atoms with Gasteiger partial charge in [0.15, 0.2) is 0 Å². The second kappa shape index (κ2) is 8.19. The van der Waals surface area contributed by atoms with Gasteiger partial charge in [0.05, 0.1) is 0 Å². The Hall–Kier alpha value is -2.17. The van der Waals surface area contributed by atoms with E-state index in [1.165, 1.54) is 0 Å². The zero-order valence-corrected chi connectivity index (χ0v) is 13.4. The number of anilines is 1. The van der Waals surface area contributed by atoms with Gasteiger partial charge in [0.2, 0.25) is 5.91 Å². The van der Waals surface area contributed by atoms with Gasteiger partial charge in [0.1, 0.15) is 11.6 Å². The van der Waals surface area contributed by atoms with Crippen molar-refractivity contribution in [3.8, 4) is 0 Å². The first kappa shape index (κ1) is 16.9. The Labute approximate surface area is 126 Å². The third kappa shape index (κ3) is 4.70. The first-order chi connectivity index (χ1) is 10.1. The maximum atomic E-state index is 12.1. The first-order valence-corrected chi connectivity index (χ1v) is 7.28. The summed E-state index contributed by atoms with van der Waals surface area (Å²) in [5.41, 5.74) is 0.813. The Morgan fingerprint density at radius 1 is 1.24 bits per heavy atom. The van der Waals surface area contributed by atoms with Gasteiger partial charge in [-0.15, -0.1) is 10.2 Å². The van der Waals surface area contributed by atoms with Crippen LogP contribution in [0.2, 0.25) is 0 Å². The maximum Gasteiger partial charge on any atom is 0.227 e. The fraction of sp³-hybridized carbons (Fsp3) is 0.438. The number of carbonyl (C=O) groups is 1. The smallest absolute Gasteiger partial charge is 0.227 e. The number of carbonyl (C=O) groups excluding carboxylic acids is 1. The molecule has 2 rings (SSSR count). The van der Waals surface area contributed by atoms with Crippen LogP contribution in [0.5, 0.6) is 0 Å². The van der Waals surface area contributed by atoms with Crippen LogP contribution in [0.1, 0.15) is 32.4 Å². The lowest BCUT2D eigenvalue weighted by Crippen LogP contribution is -2.23. The molecule has 0 saturated carbocycles. The molecule has 1 heterocycles. The molecule has 0 aliphatic rings. The topological polar surface area (TPSA) is 59.8 Å². The van der Waals surface area contributed by atoms with Crippen molar-refractivity contribution in [3.05, 3.63) is 42.0 Å². The van der Waals surface area contributed by atoms with Crippen molar-refractivity contribution < 1.29 is 4.79 Å². The first-order valence-electron chi connectivity index (χ1n) is 7.28. The number of aryl methyl sites for hydroxylation is 1. The van der Waals surface area contributed by atoms with Crippen LogP contribution in [-0.2, 0) is 18.3 Å². The third-order valence-electron chi connectivity index (χ3n) is 3.16. The number of para-hydroxylation sites is 1. The molecule has 1 aromatic heterocycles. The fourth-order valence-corrected chi connectivity index (χ4v) is 1.78. The molecule has 0 fully saturated rings. The molecule has 0 bridgehead atoms. The number of aromatic nitrogens is 3. The highest BCUT2D eigenvalue weighted by molar-refractivity contribution is 5.92. The summed E-state index contributed by atoms with van der Waals surface area (Å²) in [4.78, 5) is 12.1. The fourth-order valence-electron chi connectivity index (χ4n) is 1.78. The molecule has 0 spiro atoms. The third-order valence-corrected chi connectivity index (χ3v) is 3.16. The minimum atomic E-state index is -0.150. The zero-order valence-electron chi connectivity index (χ0n) is 13.4. The van der Waals surface area contributed by atoms with Crippen molar-refractivity contribution in [1.29, 1.82) is 0 Å². The molecule has 114 valence electrons. The van der Waals surface area contributed by atoms with Gasteiger partial charge >= 0.3 is 0 Å². The zero-order chi connectivity index (χ0) is 15.8. The van der Waals surface area contributed by atoms with Crippen LogP contribution in [0.25, 0.3) is 0 Å². The molecule has 1 amide bonds. The van der Waals surface area contributed by atoms with E-state index in [0.29, 0.717) is 6.42 Å². The van der Waals surface area contributed by atoms with Gasteiger partial charge in [-0.3, -0.25) is 4.79 Å². The summed E-state index contributed by atoms with van der Waals surface area (Å²) < 4.78 is 1.91. The summed E-state index contributed by atoms with van der Waals surface area (Å²) in [6, 6.07) is 9.45. The molecular formula is C16H24N4O. The quantitative estimate of drug-likeness (QED) is 0.941. The van der Waals surface area contributed by atoms with Gasteiger partial charge in [-0.05, 0) is 19.1 Å². The lowest BCUT2D eigenvalue weighted by molar-refractivity contribution is -0.119. The molecule has 0 aliphatic carbocycles. The Balaban J connectivity index is 0.00000106. The van der Waals surface area contributed by atoms with Crippen molar-refractivity contribution in [1.82, 2.24) is 14.8 Å². The monoisotopic (exact) mass is 288 g/mol. The highest BCUT2D eigenvalue weighted by Crippen LogP contribution is 2.11. The standard InChI is InChI=1S/C14H18N4O.C2H6/c1-10(9-13-17-16-11(2)18(13)3)14(19)15-12-7-5-4-6-8-12;1-2/h4-8,10H,9H2,1-3H3,(H,15,19);1-2H3/t10-;/m0./s1. The van der Waals surface area contributed by atoms with Gasteiger partial charge in [0, 0.05) is 25.1 Å². The minimum absolute atomic E-state index is 0.00754. The van der Waals surface area contributed by atoms with Gasteiger partial charge in [-0.2, -0.15) is 0 Å². The van der Waals surface area contributed by atoms with E-state index in [4.69, 9.17) is 0 Å². The van der Waals surface area contributed by atoms with Crippen molar-refractivity contribution in [2.45, 2.75) is 34.1 Å². The average molecular weight is 288 g/mol. The SMILES string of the molecule is CC.Cc1nnc(C[C@H](C)C(=O)Nc2ccccc2)n1C. The van der Waals surface area contributed by atoms with E-state index in [1.807, 2.05) is 69.6 Å². The lowest BCUT2D eigenvalue weighted by atomic mass is 10.1. The van der Waals surface area contributed by atoms with Gasteiger partial charge in [-0.1, -0.05) is 39.0 Å². The number of benzene rings is 1. The molecule has 0 unspecified atom stereocenters. The number of hydrogen-bond donors (Lipinski definition) is 1. The van der Waals surface area contributed by atoms with Crippen molar-refractivity contribution in [2.75, 3.05) is 5.32 Å². The Bertz CT molecular complexity index is 563. The summed E-state index contributed by atoms with van der Waals surface area (Å²) in [5.74, 6) is 1.52. The Kier molecular flexibility index (Phi) is 6.59. The van der Waals surface area contributed by atoms with E-state index in [2.05, 4.69) is 15.5 Å². The average Bonchev–Trinajstić information content (AvgIpc) is 2.82. The van der Waals surface area contributed by atoms with Gasteiger partial charge in [-0.25, -0.2) is 0 Å². The summed E-state index contributed by atoms with van der Waals surface area (Å²) in [5, 5.41) is 11.0. The second-order valence-electron chi connectivity index (χ2n) is 4.68. The molecule has 2 aromatic rings. The normalized spacial score (nSPS) is 11.3. The van der Waals surface area contributed by atoms with Crippen LogP contribution in [0.4, 0.5) is 5.69 Å². The summed E-state index contributed by atoms with van der Waals surface area (Å²) in [6.45, 7) is 7.79. The van der Waals surface area contributed by atoms with Crippen LogP contribution in [-0.4, -0.2) is 20.7 Å². The van der Waals surface area contributed by atoms with Crippen LogP contribution in [0.3, 0.4) is 0 Å². The van der Waals surface area contributed by atoms with Crippen LogP contribution in [0, 0.1) is 12.8 Å². The second-order valence-corrected chi connectivity index (χ2v) is 4.68.